The van der Waals surface area contributed by atoms with Crippen LogP contribution in [0.15, 0.2) is 18.2 Å². The summed E-state index contributed by atoms with van der Waals surface area (Å²) in [5.74, 6) is -1.58. The number of thioether (sulfide) groups is 1. The van der Waals surface area contributed by atoms with Crippen LogP contribution in [0.2, 0.25) is 0 Å². The number of aromatic nitrogens is 1. The Morgan fingerprint density at radius 2 is 1.77 bits per heavy atom. The molecular formula is C14H12F6N2O3S. The highest BCUT2D eigenvalue weighted by Gasteiger charge is 2.39. The lowest BCUT2D eigenvalue weighted by atomic mass is 10.1. The lowest BCUT2D eigenvalue weighted by molar-refractivity contribution is -0.387. The highest BCUT2D eigenvalue weighted by atomic mass is 32.2. The number of halogens is 6. The minimum Gasteiger partial charge on any atom is -0.383 e. The zero-order chi connectivity index (χ0) is 19.9. The molecule has 1 aromatic carbocycles. The van der Waals surface area contributed by atoms with E-state index in [9.17, 15) is 41.6 Å². The first-order valence-corrected chi connectivity index (χ1v) is 8.12. The number of aromatic amines is 1. The van der Waals surface area contributed by atoms with Gasteiger partial charge in [-0.15, -0.1) is 11.8 Å². The average molecular weight is 402 g/mol. The summed E-state index contributed by atoms with van der Waals surface area (Å²) >= 11 is 0.404. The molecule has 144 valence electrons. The van der Waals surface area contributed by atoms with Gasteiger partial charge in [0.15, 0.2) is 0 Å². The quantitative estimate of drug-likeness (QED) is 0.435. The van der Waals surface area contributed by atoms with E-state index in [2.05, 4.69) is 4.98 Å². The summed E-state index contributed by atoms with van der Waals surface area (Å²) in [5, 5.41) is 21.2. The van der Waals surface area contributed by atoms with E-state index < -0.39 is 39.9 Å². The SMILES string of the molecule is CC(O)(CSCC(F)(F)F)c1cc2cc([N+](=O)[O-])c(C(F)(F)F)cc2[nH]1. The molecule has 2 rings (SSSR count). The van der Waals surface area contributed by atoms with E-state index in [0.717, 1.165) is 0 Å². The number of nitro benzene ring substituents is 1. The van der Waals surface area contributed by atoms with Crippen molar-refractivity contribution in [3.05, 3.63) is 39.6 Å². The lowest BCUT2D eigenvalue weighted by Gasteiger charge is -2.21. The Bertz CT molecular complexity index is 828. The molecule has 0 saturated carbocycles. The molecule has 0 bridgehead atoms. The molecular weight excluding hydrogens is 390 g/mol. The average Bonchev–Trinajstić information content (AvgIpc) is 2.87. The number of nitrogens with one attached hydrogen (secondary N) is 1. The first-order chi connectivity index (χ1) is 11.7. The van der Waals surface area contributed by atoms with Crippen LogP contribution in [0.5, 0.6) is 0 Å². The number of alkyl halides is 6. The van der Waals surface area contributed by atoms with Gasteiger partial charge in [0, 0.05) is 28.4 Å². The van der Waals surface area contributed by atoms with Gasteiger partial charge in [-0.25, -0.2) is 0 Å². The fraction of sp³-hybridized carbons (Fsp3) is 0.429. The summed E-state index contributed by atoms with van der Waals surface area (Å²) < 4.78 is 75.5. The maximum Gasteiger partial charge on any atom is 0.423 e. The van der Waals surface area contributed by atoms with Gasteiger partial charge >= 0.3 is 12.4 Å². The maximum atomic E-state index is 13.0. The minimum atomic E-state index is -4.97. The smallest absolute Gasteiger partial charge is 0.383 e. The van der Waals surface area contributed by atoms with Crippen molar-refractivity contribution in [2.45, 2.75) is 24.9 Å². The third kappa shape index (κ3) is 4.61. The molecule has 0 radical (unpaired) electrons. The van der Waals surface area contributed by atoms with Crippen molar-refractivity contribution in [3.8, 4) is 0 Å². The Morgan fingerprint density at radius 3 is 2.27 bits per heavy atom. The zero-order valence-corrected chi connectivity index (χ0v) is 13.8. The highest BCUT2D eigenvalue weighted by Crippen LogP contribution is 2.39. The maximum absolute atomic E-state index is 13.0. The van der Waals surface area contributed by atoms with Gasteiger partial charge in [-0.1, -0.05) is 0 Å². The van der Waals surface area contributed by atoms with E-state index in [4.69, 9.17) is 0 Å². The molecule has 0 saturated heterocycles. The number of benzene rings is 1. The topological polar surface area (TPSA) is 79.2 Å². The van der Waals surface area contributed by atoms with E-state index in [1.54, 1.807) is 0 Å². The molecule has 0 aliphatic rings. The van der Waals surface area contributed by atoms with Crippen molar-refractivity contribution in [2.24, 2.45) is 0 Å². The number of aliphatic hydroxyl groups is 1. The Morgan fingerprint density at radius 1 is 1.15 bits per heavy atom. The second-order valence-corrected chi connectivity index (χ2v) is 6.76. The second-order valence-electron chi connectivity index (χ2n) is 5.78. The largest absolute Gasteiger partial charge is 0.423 e. The third-order valence-corrected chi connectivity index (χ3v) is 4.77. The van der Waals surface area contributed by atoms with Crippen LogP contribution in [0.25, 0.3) is 10.9 Å². The van der Waals surface area contributed by atoms with Crippen LogP contribution in [0.3, 0.4) is 0 Å². The molecule has 0 amide bonds. The van der Waals surface area contributed by atoms with Gasteiger partial charge in [-0.3, -0.25) is 10.1 Å². The summed E-state index contributed by atoms with van der Waals surface area (Å²) in [7, 11) is 0. The summed E-state index contributed by atoms with van der Waals surface area (Å²) in [6.07, 6.45) is -9.39. The van der Waals surface area contributed by atoms with Crippen LogP contribution >= 0.6 is 11.8 Å². The van der Waals surface area contributed by atoms with Crippen LogP contribution in [0.4, 0.5) is 32.0 Å². The standard InChI is InChI=1S/C14H12F6N2O3S/c1-12(23,5-26-6-13(15,16)17)11-3-7-2-10(22(24)25)8(14(18,19)20)4-9(7)21-11/h2-4,21,23H,5-6H2,1H3. The molecule has 1 unspecified atom stereocenters. The predicted octanol–water partition coefficient (Wildman–Crippen LogP) is 4.60. The van der Waals surface area contributed by atoms with E-state index in [1.165, 1.54) is 13.0 Å². The molecule has 1 aromatic heterocycles. The van der Waals surface area contributed by atoms with E-state index in [1.807, 2.05) is 0 Å². The molecule has 1 heterocycles. The van der Waals surface area contributed by atoms with Crippen molar-refractivity contribution in [3.63, 3.8) is 0 Å². The fourth-order valence-corrected chi connectivity index (χ4v) is 3.17. The van der Waals surface area contributed by atoms with Crippen LogP contribution in [-0.4, -0.2) is 32.7 Å². The lowest BCUT2D eigenvalue weighted by Crippen LogP contribution is -2.26. The van der Waals surface area contributed by atoms with E-state index >= 15 is 0 Å². The number of hydrogen-bond acceptors (Lipinski definition) is 4. The van der Waals surface area contributed by atoms with Gasteiger partial charge in [0.1, 0.15) is 11.2 Å². The van der Waals surface area contributed by atoms with Gasteiger partial charge in [-0.2, -0.15) is 26.3 Å². The van der Waals surface area contributed by atoms with Crippen molar-refractivity contribution in [1.82, 2.24) is 4.98 Å². The van der Waals surface area contributed by atoms with Crippen LogP contribution < -0.4 is 0 Å². The van der Waals surface area contributed by atoms with Gasteiger partial charge < -0.3 is 10.1 Å². The number of hydrogen-bond donors (Lipinski definition) is 2. The molecule has 2 N–H and O–H groups in total. The summed E-state index contributed by atoms with van der Waals surface area (Å²) in [4.78, 5) is 12.2. The summed E-state index contributed by atoms with van der Waals surface area (Å²) in [6.45, 7) is 1.19. The number of fused-ring (bicyclic) bond motifs is 1. The summed E-state index contributed by atoms with van der Waals surface area (Å²) in [5.41, 5.74) is -4.59. The third-order valence-electron chi connectivity index (χ3n) is 3.47. The predicted molar refractivity (Wildman–Crippen MR) is 82.9 cm³/mol. The van der Waals surface area contributed by atoms with Gasteiger partial charge in [0.25, 0.3) is 5.69 Å². The first kappa shape index (κ1) is 20.4. The number of nitro groups is 1. The Hall–Kier alpha value is -1.95. The first-order valence-electron chi connectivity index (χ1n) is 6.96. The number of H-pyrrole nitrogens is 1. The Labute approximate surface area is 146 Å². The molecule has 5 nitrogen and oxygen atoms in total. The molecule has 26 heavy (non-hydrogen) atoms. The van der Waals surface area contributed by atoms with Crippen molar-refractivity contribution < 1.29 is 36.4 Å². The monoisotopic (exact) mass is 402 g/mol. The van der Waals surface area contributed by atoms with Gasteiger partial charge in [-0.05, 0) is 19.1 Å². The molecule has 0 aliphatic heterocycles. The van der Waals surface area contributed by atoms with Crippen LogP contribution in [-0.2, 0) is 11.8 Å². The summed E-state index contributed by atoms with van der Waals surface area (Å²) in [6, 6.07) is 2.42. The minimum absolute atomic E-state index is 0.0285. The molecule has 0 aliphatic carbocycles. The van der Waals surface area contributed by atoms with E-state index in [0.29, 0.717) is 23.9 Å². The molecule has 2 aromatic rings. The molecule has 0 spiro atoms. The van der Waals surface area contributed by atoms with E-state index in [-0.39, 0.29) is 22.3 Å². The molecule has 0 fully saturated rings. The van der Waals surface area contributed by atoms with Crippen LogP contribution in [0.1, 0.15) is 18.2 Å². The Balaban J connectivity index is 2.40. The van der Waals surface area contributed by atoms with Gasteiger partial charge in [0.05, 0.1) is 10.7 Å². The zero-order valence-electron chi connectivity index (χ0n) is 13.0. The Kier molecular flexibility index (Phi) is 5.21. The molecule has 12 heteroatoms. The molecule has 1 atom stereocenters. The van der Waals surface area contributed by atoms with Crippen molar-refractivity contribution in [1.29, 1.82) is 0 Å². The fourth-order valence-electron chi connectivity index (χ4n) is 2.28. The number of nitrogens with zero attached hydrogens (tertiary/aromatic N) is 1. The van der Waals surface area contributed by atoms with Crippen molar-refractivity contribution in [2.75, 3.05) is 11.5 Å². The van der Waals surface area contributed by atoms with Gasteiger partial charge in [0.2, 0.25) is 0 Å². The number of rotatable bonds is 5. The normalized spacial score (nSPS) is 15.2. The highest BCUT2D eigenvalue weighted by molar-refractivity contribution is 7.99. The van der Waals surface area contributed by atoms with Crippen LogP contribution in [0, 0.1) is 10.1 Å². The second kappa shape index (κ2) is 6.65. The van der Waals surface area contributed by atoms with Crippen molar-refractivity contribution >= 4 is 28.4 Å².